The number of aromatic hydroxyl groups is 1. The Morgan fingerprint density at radius 1 is 1.17 bits per heavy atom. The van der Waals surface area contributed by atoms with E-state index in [4.69, 9.17) is 9.47 Å². The van der Waals surface area contributed by atoms with Crippen molar-refractivity contribution >= 4 is 12.0 Å². The van der Waals surface area contributed by atoms with E-state index in [9.17, 15) is 14.7 Å². The first-order valence-electron chi connectivity index (χ1n) is 10.6. The van der Waals surface area contributed by atoms with Crippen LogP contribution in [0.4, 0.5) is 4.79 Å². The summed E-state index contributed by atoms with van der Waals surface area (Å²) in [6.45, 7) is 3.62. The Morgan fingerprint density at radius 2 is 1.90 bits per heavy atom. The van der Waals surface area contributed by atoms with Gasteiger partial charge in [-0.25, -0.2) is 4.79 Å². The lowest BCUT2D eigenvalue weighted by Gasteiger charge is -2.34. The largest absolute Gasteiger partial charge is 0.504 e. The van der Waals surface area contributed by atoms with E-state index in [0.717, 1.165) is 24.8 Å². The first-order chi connectivity index (χ1) is 14.0. The Labute approximate surface area is 172 Å². The first kappa shape index (κ1) is 21.3. The van der Waals surface area contributed by atoms with E-state index >= 15 is 0 Å². The van der Waals surface area contributed by atoms with Gasteiger partial charge in [0.1, 0.15) is 6.10 Å². The summed E-state index contributed by atoms with van der Waals surface area (Å²) in [7, 11) is 1.49. The van der Waals surface area contributed by atoms with Gasteiger partial charge in [-0.15, -0.1) is 0 Å². The third-order valence-electron chi connectivity index (χ3n) is 6.12. The maximum atomic E-state index is 12.5. The Kier molecular flexibility index (Phi) is 7.23. The molecule has 7 nitrogen and oxygen atoms in total. The van der Waals surface area contributed by atoms with Crippen LogP contribution in [-0.2, 0) is 16.1 Å². The minimum atomic E-state index is -0.237. The lowest BCUT2D eigenvalue weighted by Crippen LogP contribution is -2.44. The monoisotopic (exact) mass is 404 g/mol. The number of nitrogens with one attached hydrogen (secondary N) is 1. The number of hydrogen-bond acceptors (Lipinski definition) is 5. The van der Waals surface area contributed by atoms with Crippen LogP contribution in [0.15, 0.2) is 18.2 Å². The summed E-state index contributed by atoms with van der Waals surface area (Å²) >= 11 is 0. The van der Waals surface area contributed by atoms with Crippen molar-refractivity contribution in [1.29, 1.82) is 0 Å². The van der Waals surface area contributed by atoms with E-state index in [1.165, 1.54) is 13.5 Å². The molecule has 2 fully saturated rings. The molecule has 7 heteroatoms. The molecule has 29 heavy (non-hydrogen) atoms. The fourth-order valence-corrected chi connectivity index (χ4v) is 4.15. The van der Waals surface area contributed by atoms with Crippen LogP contribution in [0.5, 0.6) is 11.5 Å². The molecule has 1 aromatic carbocycles. The van der Waals surface area contributed by atoms with Crippen LogP contribution < -0.4 is 10.1 Å². The summed E-state index contributed by atoms with van der Waals surface area (Å²) < 4.78 is 10.8. The van der Waals surface area contributed by atoms with E-state index in [1.54, 1.807) is 23.1 Å². The van der Waals surface area contributed by atoms with Crippen LogP contribution in [0.1, 0.15) is 51.0 Å². The number of amides is 2. The van der Waals surface area contributed by atoms with Crippen molar-refractivity contribution in [2.24, 2.45) is 11.8 Å². The summed E-state index contributed by atoms with van der Waals surface area (Å²) in [4.78, 5) is 26.7. The topological polar surface area (TPSA) is 88.1 Å². The predicted octanol–water partition coefficient (Wildman–Crippen LogP) is 3.44. The number of ether oxygens (including phenoxy) is 2. The quantitative estimate of drug-likeness (QED) is 0.785. The third-order valence-corrected chi connectivity index (χ3v) is 6.12. The van der Waals surface area contributed by atoms with Gasteiger partial charge in [0.2, 0.25) is 5.91 Å². The predicted molar refractivity (Wildman–Crippen MR) is 109 cm³/mol. The number of phenolic OH excluding ortho intramolecular Hbond substituents is 1. The number of piperidine rings is 1. The van der Waals surface area contributed by atoms with Crippen molar-refractivity contribution < 1.29 is 24.2 Å². The van der Waals surface area contributed by atoms with Crippen molar-refractivity contribution in [3.05, 3.63) is 23.8 Å². The minimum Gasteiger partial charge on any atom is -0.504 e. The van der Waals surface area contributed by atoms with Crippen molar-refractivity contribution in [3.8, 4) is 11.5 Å². The molecular formula is C22H32N2O5. The lowest BCUT2D eigenvalue weighted by atomic mass is 9.88. The van der Waals surface area contributed by atoms with Crippen molar-refractivity contribution in [2.75, 3.05) is 20.2 Å². The molecule has 160 valence electrons. The van der Waals surface area contributed by atoms with Crippen LogP contribution in [0.2, 0.25) is 0 Å². The molecule has 0 radical (unpaired) electrons. The van der Waals surface area contributed by atoms with Crippen LogP contribution >= 0.6 is 0 Å². The second-order valence-electron chi connectivity index (χ2n) is 8.17. The number of carbonyl (C=O) groups is 2. The SMILES string of the molecule is COc1cc(CNC(=O)C2CCN(C(=O)O[C@H]3CCCC[C@@H]3C)CC2)ccc1O. The Hall–Kier alpha value is -2.44. The van der Waals surface area contributed by atoms with Gasteiger partial charge in [-0.1, -0.05) is 19.4 Å². The van der Waals surface area contributed by atoms with Crippen LogP contribution in [-0.4, -0.2) is 48.3 Å². The third kappa shape index (κ3) is 5.55. The van der Waals surface area contributed by atoms with Gasteiger partial charge < -0.3 is 24.8 Å². The van der Waals surface area contributed by atoms with Gasteiger partial charge in [0.25, 0.3) is 0 Å². The smallest absolute Gasteiger partial charge is 0.410 e. The normalized spacial score (nSPS) is 22.8. The van der Waals surface area contributed by atoms with Gasteiger partial charge in [-0.05, 0) is 55.7 Å². The summed E-state index contributed by atoms with van der Waals surface area (Å²) in [5.41, 5.74) is 0.857. The molecule has 3 rings (SSSR count). The second kappa shape index (κ2) is 9.85. The zero-order chi connectivity index (χ0) is 20.8. The van der Waals surface area contributed by atoms with Gasteiger partial charge in [0.15, 0.2) is 11.5 Å². The summed E-state index contributed by atoms with van der Waals surface area (Å²) in [6.07, 6.45) is 5.48. The molecule has 2 amide bonds. The van der Waals surface area contributed by atoms with E-state index in [2.05, 4.69) is 12.2 Å². The number of benzene rings is 1. The number of likely N-dealkylation sites (tertiary alicyclic amines) is 1. The Balaban J connectivity index is 1.42. The summed E-state index contributed by atoms with van der Waals surface area (Å²) in [5, 5.41) is 12.6. The zero-order valence-electron chi connectivity index (χ0n) is 17.4. The fourth-order valence-electron chi connectivity index (χ4n) is 4.15. The fraction of sp³-hybridized carbons (Fsp3) is 0.636. The molecule has 2 N–H and O–H groups in total. The average Bonchev–Trinajstić information content (AvgIpc) is 2.74. The maximum Gasteiger partial charge on any atom is 0.410 e. The molecule has 2 aliphatic rings. The van der Waals surface area contributed by atoms with Crippen LogP contribution in [0, 0.1) is 11.8 Å². The Bertz CT molecular complexity index is 715. The number of hydrogen-bond donors (Lipinski definition) is 2. The van der Waals surface area contributed by atoms with Gasteiger partial charge in [0, 0.05) is 25.6 Å². The number of carbonyl (C=O) groups excluding carboxylic acids is 2. The van der Waals surface area contributed by atoms with Gasteiger partial charge >= 0.3 is 6.09 Å². The van der Waals surface area contributed by atoms with Gasteiger partial charge in [0.05, 0.1) is 7.11 Å². The molecule has 1 heterocycles. The summed E-state index contributed by atoms with van der Waals surface area (Å²) in [6, 6.07) is 5.01. The molecule has 1 aliphatic carbocycles. The molecular weight excluding hydrogens is 372 g/mol. The molecule has 0 bridgehead atoms. The van der Waals surface area contributed by atoms with Crippen molar-refractivity contribution in [1.82, 2.24) is 10.2 Å². The van der Waals surface area contributed by atoms with Crippen LogP contribution in [0.25, 0.3) is 0 Å². The number of nitrogens with zero attached hydrogens (tertiary/aromatic N) is 1. The molecule has 1 aromatic rings. The van der Waals surface area contributed by atoms with Gasteiger partial charge in [-0.2, -0.15) is 0 Å². The molecule has 1 aliphatic heterocycles. The standard InChI is InChI=1S/C22H32N2O5/c1-15-5-3-4-6-19(15)29-22(27)24-11-9-17(10-12-24)21(26)23-14-16-7-8-18(25)20(13-16)28-2/h7-8,13,15,17,19,25H,3-6,9-12,14H2,1-2H3,(H,23,26)/t15-,19-/m0/s1. The molecule has 0 spiro atoms. The highest BCUT2D eigenvalue weighted by Crippen LogP contribution is 2.28. The molecule has 0 aromatic heterocycles. The zero-order valence-corrected chi connectivity index (χ0v) is 17.4. The molecule has 0 unspecified atom stereocenters. The maximum absolute atomic E-state index is 12.5. The Morgan fingerprint density at radius 3 is 2.59 bits per heavy atom. The van der Waals surface area contributed by atoms with Crippen molar-refractivity contribution in [3.63, 3.8) is 0 Å². The number of methoxy groups -OCH3 is 1. The highest BCUT2D eigenvalue weighted by atomic mass is 16.6. The van der Waals surface area contributed by atoms with E-state index < -0.39 is 0 Å². The molecule has 2 atom stereocenters. The van der Waals surface area contributed by atoms with E-state index in [0.29, 0.717) is 44.1 Å². The number of phenols is 1. The summed E-state index contributed by atoms with van der Waals surface area (Å²) in [5.74, 6) is 0.771. The highest BCUT2D eigenvalue weighted by Gasteiger charge is 2.31. The molecule has 1 saturated heterocycles. The van der Waals surface area contributed by atoms with E-state index in [1.807, 2.05) is 0 Å². The van der Waals surface area contributed by atoms with Crippen LogP contribution in [0.3, 0.4) is 0 Å². The van der Waals surface area contributed by atoms with Crippen molar-refractivity contribution in [2.45, 2.75) is 58.1 Å². The highest BCUT2D eigenvalue weighted by molar-refractivity contribution is 5.79. The van der Waals surface area contributed by atoms with Gasteiger partial charge in [-0.3, -0.25) is 4.79 Å². The minimum absolute atomic E-state index is 0.00837. The molecule has 1 saturated carbocycles. The average molecular weight is 405 g/mol. The number of rotatable bonds is 5. The van der Waals surface area contributed by atoms with E-state index in [-0.39, 0.29) is 29.8 Å². The first-order valence-corrected chi connectivity index (χ1v) is 10.6. The lowest BCUT2D eigenvalue weighted by molar-refractivity contribution is -0.126. The second-order valence-corrected chi connectivity index (χ2v) is 8.17.